The molecule has 5 heteroatoms. The summed E-state index contributed by atoms with van der Waals surface area (Å²) in [7, 11) is 3.35. The van der Waals surface area contributed by atoms with Crippen LogP contribution >= 0.6 is 0 Å². The lowest BCUT2D eigenvalue weighted by molar-refractivity contribution is 0.0599. The lowest BCUT2D eigenvalue weighted by Crippen LogP contribution is -2.09. The summed E-state index contributed by atoms with van der Waals surface area (Å²) in [4.78, 5) is 17.0. The minimum Gasteiger partial charge on any atom is -0.465 e. The highest BCUT2D eigenvalue weighted by Crippen LogP contribution is 2.40. The van der Waals surface area contributed by atoms with E-state index in [0.717, 1.165) is 40.4 Å². The topological polar surface area (TPSA) is 44.1 Å². The van der Waals surface area contributed by atoms with Crippen LogP contribution in [-0.4, -0.2) is 22.6 Å². The predicted molar refractivity (Wildman–Crippen MR) is 119 cm³/mol. The van der Waals surface area contributed by atoms with Gasteiger partial charge in [0.1, 0.15) is 5.82 Å². The van der Waals surface area contributed by atoms with E-state index in [1.165, 1.54) is 13.2 Å². The normalized spacial score (nSPS) is 13.5. The summed E-state index contributed by atoms with van der Waals surface area (Å²) in [6.45, 7) is 0. The maximum Gasteiger partial charge on any atom is 0.339 e. The van der Waals surface area contributed by atoms with E-state index in [2.05, 4.69) is 11.1 Å². The largest absolute Gasteiger partial charge is 0.465 e. The van der Waals surface area contributed by atoms with Crippen molar-refractivity contribution >= 4 is 16.9 Å². The van der Waals surface area contributed by atoms with Crippen LogP contribution in [0, 0.1) is 5.82 Å². The molecule has 5 rings (SSSR count). The molecule has 1 fully saturated rings. The van der Waals surface area contributed by atoms with Gasteiger partial charge in [-0.05, 0) is 54.2 Å². The van der Waals surface area contributed by atoms with Crippen LogP contribution in [0.3, 0.4) is 0 Å². The second-order valence-electron chi connectivity index (χ2n) is 8.19. The molecule has 2 aromatic heterocycles. The van der Waals surface area contributed by atoms with Crippen molar-refractivity contribution in [3.8, 4) is 11.1 Å². The maximum absolute atomic E-state index is 14.5. The molecule has 0 aliphatic heterocycles. The van der Waals surface area contributed by atoms with E-state index in [4.69, 9.17) is 4.74 Å². The SMILES string of the molecule is COC(=O)c1cc(C2CC2)cnc1Cc1ccc2c(c1)c(-c1ccccc1F)cn2C. The van der Waals surface area contributed by atoms with Crippen LogP contribution < -0.4 is 0 Å². The second-order valence-corrected chi connectivity index (χ2v) is 8.19. The molecule has 4 aromatic rings. The second kappa shape index (κ2) is 7.65. The van der Waals surface area contributed by atoms with Gasteiger partial charge in [-0.3, -0.25) is 4.98 Å². The van der Waals surface area contributed by atoms with Gasteiger partial charge in [-0.15, -0.1) is 0 Å². The quantitative estimate of drug-likeness (QED) is 0.397. The Hall–Kier alpha value is -3.47. The zero-order valence-corrected chi connectivity index (χ0v) is 17.6. The average Bonchev–Trinajstić information content (AvgIpc) is 3.58. The average molecular weight is 414 g/mol. The van der Waals surface area contributed by atoms with Crippen LogP contribution in [0.25, 0.3) is 22.0 Å². The van der Waals surface area contributed by atoms with Crippen LogP contribution in [0.1, 0.15) is 45.9 Å². The number of hydrogen-bond donors (Lipinski definition) is 0. The number of hydrogen-bond acceptors (Lipinski definition) is 3. The van der Waals surface area contributed by atoms with Crippen LogP contribution in [0.5, 0.6) is 0 Å². The lowest BCUT2D eigenvalue weighted by atomic mass is 9.99. The molecule has 0 spiro atoms. The molecule has 1 aliphatic carbocycles. The molecule has 0 unspecified atom stereocenters. The zero-order chi connectivity index (χ0) is 21.5. The zero-order valence-electron chi connectivity index (χ0n) is 17.6. The third-order valence-electron chi connectivity index (χ3n) is 6.03. The molecule has 1 aliphatic rings. The van der Waals surface area contributed by atoms with Gasteiger partial charge in [-0.25, -0.2) is 9.18 Å². The first-order valence-corrected chi connectivity index (χ1v) is 10.4. The Balaban J connectivity index is 1.57. The number of aromatic nitrogens is 2. The number of carbonyl (C=O) groups excluding carboxylic acids is 1. The first-order chi connectivity index (χ1) is 15.0. The molecule has 0 bridgehead atoms. The minimum atomic E-state index is -0.363. The Labute approximate surface area is 180 Å². The Bertz CT molecular complexity index is 1300. The van der Waals surface area contributed by atoms with Gasteiger partial charge < -0.3 is 9.30 Å². The standard InChI is InChI=1S/C26H23FN2O2/c1-29-15-22(19-5-3-4-6-23(19)27)20-11-16(7-10-25(20)29)12-24-21(26(30)31-2)13-18(14-28-24)17-8-9-17/h3-7,10-11,13-15,17H,8-9,12H2,1-2H3. The van der Waals surface area contributed by atoms with E-state index < -0.39 is 0 Å². The highest BCUT2D eigenvalue weighted by Gasteiger charge is 2.26. The van der Waals surface area contributed by atoms with Crippen molar-refractivity contribution < 1.29 is 13.9 Å². The summed E-state index contributed by atoms with van der Waals surface area (Å²) in [5, 5.41) is 0.972. The highest BCUT2D eigenvalue weighted by molar-refractivity contribution is 5.97. The summed E-state index contributed by atoms with van der Waals surface area (Å²) in [6, 6.07) is 14.9. The monoisotopic (exact) mass is 414 g/mol. The van der Waals surface area contributed by atoms with Crippen LogP contribution in [0.4, 0.5) is 4.39 Å². The number of ether oxygens (including phenoxy) is 1. The Morgan fingerprint density at radius 3 is 2.71 bits per heavy atom. The van der Waals surface area contributed by atoms with Crippen LogP contribution in [0.15, 0.2) is 60.9 Å². The number of methoxy groups -OCH3 is 1. The molecule has 0 amide bonds. The minimum absolute atomic E-state index is 0.245. The molecule has 31 heavy (non-hydrogen) atoms. The van der Waals surface area contributed by atoms with E-state index in [0.29, 0.717) is 29.2 Å². The van der Waals surface area contributed by atoms with Gasteiger partial charge in [0.2, 0.25) is 0 Å². The number of pyridine rings is 1. The Morgan fingerprint density at radius 1 is 1.16 bits per heavy atom. The first-order valence-electron chi connectivity index (χ1n) is 10.4. The van der Waals surface area contributed by atoms with Gasteiger partial charge in [-0.2, -0.15) is 0 Å². The maximum atomic E-state index is 14.5. The lowest BCUT2D eigenvalue weighted by Gasteiger charge is -2.10. The third kappa shape index (κ3) is 3.61. The van der Waals surface area contributed by atoms with Crippen molar-refractivity contribution in [3.05, 3.63) is 89.1 Å². The molecular weight excluding hydrogens is 391 g/mol. The predicted octanol–water partition coefficient (Wildman–Crippen LogP) is 5.63. The van der Waals surface area contributed by atoms with Crippen molar-refractivity contribution in [2.24, 2.45) is 7.05 Å². The Kier molecular flexibility index (Phi) is 4.81. The van der Waals surface area contributed by atoms with Gasteiger partial charge >= 0.3 is 5.97 Å². The number of carbonyl (C=O) groups is 1. The molecule has 4 nitrogen and oxygen atoms in total. The fourth-order valence-corrected chi connectivity index (χ4v) is 4.21. The van der Waals surface area contributed by atoms with E-state index >= 15 is 0 Å². The first kappa shape index (κ1) is 19.5. The van der Waals surface area contributed by atoms with Crippen LogP contribution in [0.2, 0.25) is 0 Å². The van der Waals surface area contributed by atoms with Crippen molar-refractivity contribution in [2.45, 2.75) is 25.2 Å². The summed E-state index contributed by atoms with van der Waals surface area (Å²) in [5.74, 6) is -0.0995. The van der Waals surface area contributed by atoms with Gasteiger partial charge in [-0.1, -0.05) is 24.3 Å². The molecule has 0 radical (unpaired) electrons. The number of nitrogens with zero attached hydrogens (tertiary/aromatic N) is 2. The number of esters is 1. The van der Waals surface area contributed by atoms with Crippen molar-refractivity contribution in [1.29, 1.82) is 0 Å². The fourth-order valence-electron chi connectivity index (χ4n) is 4.21. The molecule has 0 saturated heterocycles. The van der Waals surface area contributed by atoms with Crippen LogP contribution in [-0.2, 0) is 18.2 Å². The Morgan fingerprint density at radius 2 is 1.97 bits per heavy atom. The van der Waals surface area contributed by atoms with Crippen molar-refractivity contribution in [1.82, 2.24) is 9.55 Å². The highest BCUT2D eigenvalue weighted by atomic mass is 19.1. The van der Waals surface area contributed by atoms with Gasteiger partial charge in [0.15, 0.2) is 0 Å². The number of benzene rings is 2. The van der Waals surface area contributed by atoms with E-state index in [9.17, 15) is 9.18 Å². The molecule has 1 saturated carbocycles. The third-order valence-corrected chi connectivity index (χ3v) is 6.03. The molecular formula is C26H23FN2O2. The van der Waals surface area contributed by atoms with E-state index in [1.54, 1.807) is 12.1 Å². The van der Waals surface area contributed by atoms with Gasteiger partial charge in [0, 0.05) is 47.9 Å². The molecule has 2 heterocycles. The molecule has 156 valence electrons. The smallest absolute Gasteiger partial charge is 0.339 e. The summed E-state index contributed by atoms with van der Waals surface area (Å²) in [6.07, 6.45) is 6.62. The van der Waals surface area contributed by atoms with Gasteiger partial charge in [0.05, 0.1) is 18.4 Å². The molecule has 0 N–H and O–H groups in total. The summed E-state index contributed by atoms with van der Waals surface area (Å²) in [5.41, 5.74) is 5.77. The fraction of sp³-hybridized carbons (Fsp3) is 0.231. The number of halogens is 1. The number of aryl methyl sites for hydroxylation is 1. The van der Waals surface area contributed by atoms with E-state index in [-0.39, 0.29) is 11.8 Å². The molecule has 0 atom stereocenters. The van der Waals surface area contributed by atoms with E-state index in [1.807, 2.05) is 48.3 Å². The number of rotatable bonds is 5. The summed E-state index contributed by atoms with van der Waals surface area (Å²) >= 11 is 0. The van der Waals surface area contributed by atoms with Gasteiger partial charge in [0.25, 0.3) is 0 Å². The number of fused-ring (bicyclic) bond motifs is 1. The van der Waals surface area contributed by atoms with Crippen molar-refractivity contribution in [3.63, 3.8) is 0 Å². The molecule has 2 aromatic carbocycles. The van der Waals surface area contributed by atoms with Crippen molar-refractivity contribution in [2.75, 3.05) is 7.11 Å². The summed E-state index contributed by atoms with van der Waals surface area (Å²) < 4.78 is 21.5.